The lowest BCUT2D eigenvalue weighted by atomic mass is 10.0. The van der Waals surface area contributed by atoms with Gasteiger partial charge in [-0.25, -0.2) is 4.98 Å². The molecule has 2 aliphatic rings. The summed E-state index contributed by atoms with van der Waals surface area (Å²) in [7, 11) is 0. The van der Waals surface area contributed by atoms with Crippen LogP contribution in [0.15, 0.2) is 30.5 Å². The molecule has 3 heterocycles. The number of phenolic OH excluding ortho intramolecular Hbond substituents is 1. The maximum absolute atomic E-state index is 12.8. The summed E-state index contributed by atoms with van der Waals surface area (Å²) < 4.78 is 5.75. The molecule has 4 rings (SSSR count). The van der Waals surface area contributed by atoms with Crippen molar-refractivity contribution in [2.24, 2.45) is 0 Å². The minimum absolute atomic E-state index is 0.0108. The topological polar surface area (TPSA) is 87.6 Å². The van der Waals surface area contributed by atoms with Crippen molar-refractivity contribution in [3.8, 4) is 22.8 Å². The van der Waals surface area contributed by atoms with E-state index in [4.69, 9.17) is 4.74 Å². The predicted octanol–water partition coefficient (Wildman–Crippen LogP) is 1.72. The minimum atomic E-state index is -0.298. The van der Waals surface area contributed by atoms with E-state index in [0.717, 1.165) is 28.2 Å². The van der Waals surface area contributed by atoms with Gasteiger partial charge in [-0.1, -0.05) is 12.2 Å². The highest BCUT2D eigenvalue weighted by atomic mass is 16.5. The van der Waals surface area contributed by atoms with Crippen molar-refractivity contribution in [1.29, 1.82) is 0 Å². The Morgan fingerprint density at radius 1 is 1.37 bits per heavy atom. The van der Waals surface area contributed by atoms with Crippen LogP contribution in [-0.4, -0.2) is 51.6 Å². The minimum Gasteiger partial charge on any atom is -0.504 e. The summed E-state index contributed by atoms with van der Waals surface area (Å²) in [5.41, 5.74) is 3.83. The molecule has 7 heteroatoms. The molecule has 1 aromatic carbocycles. The molecule has 2 N–H and O–H groups in total. The summed E-state index contributed by atoms with van der Waals surface area (Å²) in [4.78, 5) is 23.4. The van der Waals surface area contributed by atoms with Crippen LogP contribution in [0.1, 0.15) is 17.0 Å². The maximum Gasteiger partial charge on any atom is 0.244 e. The zero-order valence-corrected chi connectivity index (χ0v) is 15.4. The van der Waals surface area contributed by atoms with Crippen molar-refractivity contribution in [1.82, 2.24) is 20.2 Å². The fourth-order valence-corrected chi connectivity index (χ4v) is 3.47. The summed E-state index contributed by atoms with van der Waals surface area (Å²) in [5, 5.41) is 13.7. The zero-order valence-electron chi connectivity index (χ0n) is 15.4. The van der Waals surface area contributed by atoms with Gasteiger partial charge in [0.05, 0.1) is 23.6 Å². The molecule has 0 aliphatic carbocycles. The normalized spacial score (nSPS) is 18.7. The van der Waals surface area contributed by atoms with Crippen LogP contribution in [0, 0.1) is 13.8 Å². The van der Waals surface area contributed by atoms with Crippen LogP contribution in [0.25, 0.3) is 11.3 Å². The van der Waals surface area contributed by atoms with Gasteiger partial charge in [-0.05, 0) is 26.0 Å². The average molecular weight is 366 g/mol. The van der Waals surface area contributed by atoms with E-state index >= 15 is 0 Å². The van der Waals surface area contributed by atoms with E-state index in [9.17, 15) is 9.90 Å². The van der Waals surface area contributed by atoms with Gasteiger partial charge < -0.3 is 14.7 Å². The number of carbonyl (C=O) groups excluding carboxylic acids is 1. The van der Waals surface area contributed by atoms with Gasteiger partial charge in [-0.3, -0.25) is 15.1 Å². The molecule has 2 aliphatic heterocycles. The van der Waals surface area contributed by atoms with E-state index in [1.54, 1.807) is 17.2 Å². The number of nitrogens with zero attached hydrogens (tertiary/aromatic N) is 3. The lowest BCUT2D eigenvalue weighted by Crippen LogP contribution is -2.44. The smallest absolute Gasteiger partial charge is 0.244 e. The number of ether oxygens (including phenoxy) is 1. The van der Waals surface area contributed by atoms with Crippen LogP contribution in [0.2, 0.25) is 0 Å². The lowest BCUT2D eigenvalue weighted by Gasteiger charge is -2.23. The summed E-state index contributed by atoms with van der Waals surface area (Å²) in [5.74, 6) is 0.497. The number of aromatic hydroxyl groups is 1. The monoisotopic (exact) mass is 366 g/mol. The largest absolute Gasteiger partial charge is 0.504 e. The molecule has 140 valence electrons. The first-order valence-corrected chi connectivity index (χ1v) is 9.01. The SMILES string of the molecule is Cc1cnc(C)c(-c2cc(O)c3c(c2)CN(C(=O)[C@H]2C=CCN2)CCO3)n1. The van der Waals surface area contributed by atoms with Crippen molar-refractivity contribution in [3.63, 3.8) is 0 Å². The number of hydrogen-bond acceptors (Lipinski definition) is 6. The number of nitrogens with one attached hydrogen (secondary N) is 1. The Morgan fingerprint density at radius 3 is 3.00 bits per heavy atom. The molecule has 27 heavy (non-hydrogen) atoms. The van der Waals surface area contributed by atoms with E-state index in [1.807, 2.05) is 32.1 Å². The van der Waals surface area contributed by atoms with Crippen molar-refractivity contribution >= 4 is 5.91 Å². The number of amides is 1. The molecule has 1 aromatic heterocycles. The van der Waals surface area contributed by atoms with Gasteiger partial charge in [0.2, 0.25) is 5.91 Å². The number of aryl methyl sites for hydroxylation is 2. The highest BCUT2D eigenvalue weighted by Crippen LogP contribution is 2.37. The van der Waals surface area contributed by atoms with Crippen LogP contribution in [0.5, 0.6) is 11.5 Å². The molecule has 0 unspecified atom stereocenters. The Bertz CT molecular complexity index is 926. The van der Waals surface area contributed by atoms with E-state index in [-0.39, 0.29) is 17.7 Å². The second kappa shape index (κ2) is 7.00. The predicted molar refractivity (Wildman–Crippen MR) is 100 cm³/mol. The van der Waals surface area contributed by atoms with Crippen molar-refractivity contribution < 1.29 is 14.6 Å². The summed E-state index contributed by atoms with van der Waals surface area (Å²) in [6.07, 6.45) is 5.55. The van der Waals surface area contributed by atoms with Crippen LogP contribution >= 0.6 is 0 Å². The first kappa shape index (κ1) is 17.5. The Hall–Kier alpha value is -2.93. The third kappa shape index (κ3) is 3.38. The number of fused-ring (bicyclic) bond motifs is 1. The molecule has 2 aromatic rings. The standard InChI is InChI=1S/C20H22N4O3/c1-12-10-22-13(2)18(23-12)14-8-15-11-24(20(26)16-4-3-5-21-16)6-7-27-19(15)17(25)9-14/h3-4,8-10,16,21,25H,5-7,11H2,1-2H3/t16-/m1/s1. The molecular formula is C20H22N4O3. The van der Waals surface area contributed by atoms with Crippen molar-refractivity contribution in [2.45, 2.75) is 26.4 Å². The van der Waals surface area contributed by atoms with E-state index in [1.165, 1.54) is 0 Å². The van der Waals surface area contributed by atoms with Crippen LogP contribution in [-0.2, 0) is 11.3 Å². The van der Waals surface area contributed by atoms with Crippen LogP contribution in [0.4, 0.5) is 0 Å². The third-order valence-electron chi connectivity index (χ3n) is 4.83. The maximum atomic E-state index is 12.8. The molecule has 0 bridgehead atoms. The Morgan fingerprint density at radius 2 is 2.22 bits per heavy atom. The van der Waals surface area contributed by atoms with E-state index < -0.39 is 0 Å². The van der Waals surface area contributed by atoms with Gasteiger partial charge in [-0.2, -0.15) is 0 Å². The van der Waals surface area contributed by atoms with Crippen molar-refractivity contribution in [3.05, 3.63) is 47.4 Å². The molecule has 0 fully saturated rings. The molecule has 0 radical (unpaired) electrons. The van der Waals surface area contributed by atoms with E-state index in [0.29, 0.717) is 32.0 Å². The fourth-order valence-electron chi connectivity index (χ4n) is 3.47. The number of hydrogen-bond donors (Lipinski definition) is 2. The highest BCUT2D eigenvalue weighted by Gasteiger charge is 2.28. The zero-order chi connectivity index (χ0) is 19.0. The van der Waals surface area contributed by atoms with Crippen LogP contribution in [0.3, 0.4) is 0 Å². The second-order valence-electron chi connectivity index (χ2n) is 6.85. The number of aromatic nitrogens is 2. The molecule has 0 spiro atoms. The molecule has 1 amide bonds. The molecule has 0 saturated heterocycles. The highest BCUT2D eigenvalue weighted by molar-refractivity contribution is 5.84. The van der Waals surface area contributed by atoms with E-state index in [2.05, 4.69) is 15.3 Å². The summed E-state index contributed by atoms with van der Waals surface area (Å²) in [6, 6.07) is 3.27. The van der Waals surface area contributed by atoms with Gasteiger partial charge in [0.15, 0.2) is 11.5 Å². The van der Waals surface area contributed by atoms with Gasteiger partial charge in [0.1, 0.15) is 12.6 Å². The van der Waals surface area contributed by atoms with Gasteiger partial charge >= 0.3 is 0 Å². The summed E-state index contributed by atoms with van der Waals surface area (Å²) >= 11 is 0. The Labute approximate surface area is 157 Å². The first-order chi connectivity index (χ1) is 13.0. The second-order valence-corrected chi connectivity index (χ2v) is 6.85. The van der Waals surface area contributed by atoms with Gasteiger partial charge in [0.25, 0.3) is 0 Å². The first-order valence-electron chi connectivity index (χ1n) is 9.01. The number of carbonyl (C=O) groups is 1. The van der Waals surface area contributed by atoms with Crippen LogP contribution < -0.4 is 10.1 Å². The van der Waals surface area contributed by atoms with Gasteiger partial charge in [-0.15, -0.1) is 0 Å². The van der Waals surface area contributed by atoms with Crippen molar-refractivity contribution in [2.75, 3.05) is 19.7 Å². The van der Waals surface area contributed by atoms with Gasteiger partial charge in [0, 0.05) is 30.4 Å². The fraction of sp³-hybridized carbons (Fsp3) is 0.350. The molecule has 0 saturated carbocycles. The molecular weight excluding hydrogens is 344 g/mol. The third-order valence-corrected chi connectivity index (χ3v) is 4.83. The Balaban J connectivity index is 1.70. The Kier molecular flexibility index (Phi) is 4.53. The summed E-state index contributed by atoms with van der Waals surface area (Å²) in [6.45, 7) is 5.65. The average Bonchev–Trinajstić information content (AvgIpc) is 3.10. The lowest BCUT2D eigenvalue weighted by molar-refractivity contribution is -0.132. The molecule has 1 atom stereocenters. The molecule has 7 nitrogen and oxygen atoms in total. The number of benzene rings is 1. The number of rotatable bonds is 2. The quantitative estimate of drug-likeness (QED) is 0.787. The number of phenols is 1.